The summed E-state index contributed by atoms with van der Waals surface area (Å²) in [4.78, 5) is 2.26. The molecule has 0 aromatic heterocycles. The summed E-state index contributed by atoms with van der Waals surface area (Å²) >= 11 is 5.86. The van der Waals surface area contributed by atoms with E-state index in [1.54, 1.807) is 6.07 Å². The molecule has 128 valence electrons. The Morgan fingerprint density at radius 3 is 2.32 bits per heavy atom. The number of hydrogen-bond acceptors (Lipinski definition) is 3. The van der Waals surface area contributed by atoms with Crippen molar-refractivity contribution in [2.75, 3.05) is 26.2 Å². The largest absolute Gasteiger partial charge is 0.573 e. The highest BCUT2D eigenvalue weighted by molar-refractivity contribution is 6.32. The summed E-state index contributed by atoms with van der Waals surface area (Å²) in [5, 5.41) is 3.23. The summed E-state index contributed by atoms with van der Waals surface area (Å²) in [5.41, 5.74) is 0.881. The lowest BCUT2D eigenvalue weighted by Crippen LogP contribution is -2.44. The number of halogens is 6. The van der Waals surface area contributed by atoms with Gasteiger partial charge in [0.2, 0.25) is 0 Å². The maximum atomic E-state index is 12.2. The zero-order chi connectivity index (χ0) is 14.8. The number of alkyl halides is 3. The average molecular weight is 382 g/mol. The van der Waals surface area contributed by atoms with Gasteiger partial charge in [0, 0.05) is 32.2 Å². The second-order valence-electron chi connectivity index (χ2n) is 4.70. The SMILES string of the molecule is C[C@@H](c1ccc(OC(F)(F)F)c(Cl)c1)N1CCNCC1.Cl.Cl. The zero-order valence-corrected chi connectivity index (χ0v) is 14.2. The van der Waals surface area contributed by atoms with Gasteiger partial charge >= 0.3 is 6.36 Å². The summed E-state index contributed by atoms with van der Waals surface area (Å²) in [6.07, 6.45) is -4.73. The van der Waals surface area contributed by atoms with Crippen molar-refractivity contribution in [3.8, 4) is 5.75 Å². The monoisotopic (exact) mass is 380 g/mol. The summed E-state index contributed by atoms with van der Waals surface area (Å²) in [6.45, 7) is 5.64. The number of ether oxygens (including phenoxy) is 1. The van der Waals surface area contributed by atoms with Gasteiger partial charge in [0.05, 0.1) is 5.02 Å². The van der Waals surface area contributed by atoms with Gasteiger partial charge in [-0.2, -0.15) is 0 Å². The molecule has 1 atom stereocenters. The van der Waals surface area contributed by atoms with Gasteiger partial charge in [-0.15, -0.1) is 38.0 Å². The molecule has 1 fully saturated rings. The highest BCUT2D eigenvalue weighted by Gasteiger charge is 2.32. The summed E-state index contributed by atoms with van der Waals surface area (Å²) in [7, 11) is 0. The normalized spacial score (nSPS) is 17.1. The molecule has 0 unspecified atom stereocenters. The maximum absolute atomic E-state index is 12.2. The van der Waals surface area contributed by atoms with Crippen LogP contribution in [-0.2, 0) is 0 Å². The second-order valence-corrected chi connectivity index (χ2v) is 5.11. The van der Waals surface area contributed by atoms with Crippen LogP contribution >= 0.6 is 36.4 Å². The predicted molar refractivity (Wildman–Crippen MR) is 85.5 cm³/mol. The van der Waals surface area contributed by atoms with Crippen LogP contribution in [0.4, 0.5) is 13.2 Å². The fraction of sp³-hybridized carbons (Fsp3) is 0.538. The van der Waals surface area contributed by atoms with E-state index in [0.717, 1.165) is 31.7 Å². The van der Waals surface area contributed by atoms with Gasteiger partial charge in [-0.3, -0.25) is 4.90 Å². The number of piperazine rings is 1. The molecule has 2 rings (SSSR count). The fourth-order valence-corrected chi connectivity index (χ4v) is 2.49. The third-order valence-corrected chi connectivity index (χ3v) is 3.66. The minimum absolute atomic E-state index is 0. The quantitative estimate of drug-likeness (QED) is 0.855. The van der Waals surface area contributed by atoms with Crippen molar-refractivity contribution in [2.24, 2.45) is 0 Å². The predicted octanol–water partition coefficient (Wildman–Crippen LogP) is 4.05. The van der Waals surface area contributed by atoms with Gasteiger partial charge in [-0.25, -0.2) is 0 Å². The minimum atomic E-state index is -4.73. The molecular weight excluding hydrogens is 364 g/mol. The van der Waals surface area contributed by atoms with Gasteiger partial charge < -0.3 is 10.1 Å². The Morgan fingerprint density at radius 1 is 1.23 bits per heavy atom. The van der Waals surface area contributed by atoms with Crippen LogP contribution in [-0.4, -0.2) is 37.4 Å². The average Bonchev–Trinajstić information content (AvgIpc) is 2.40. The molecule has 3 nitrogen and oxygen atoms in total. The standard InChI is InChI=1S/C13H16ClF3N2O.2ClH/c1-9(19-6-4-18-5-7-19)10-2-3-12(11(14)8-10)20-13(15,16)17;;/h2-3,8-9,18H,4-7H2,1H3;2*1H/t9-;;/m0../s1. The summed E-state index contributed by atoms with van der Waals surface area (Å²) in [5.74, 6) is -0.365. The van der Waals surface area contributed by atoms with Crippen molar-refractivity contribution in [3.63, 3.8) is 0 Å². The van der Waals surface area contributed by atoms with Gasteiger partial charge in [0.15, 0.2) is 0 Å². The highest BCUT2D eigenvalue weighted by Crippen LogP contribution is 2.33. The molecule has 1 heterocycles. The van der Waals surface area contributed by atoms with Gasteiger partial charge in [-0.1, -0.05) is 17.7 Å². The Balaban J connectivity index is 0.00000220. The molecule has 1 aromatic rings. The van der Waals surface area contributed by atoms with Gasteiger partial charge in [0.25, 0.3) is 0 Å². The van der Waals surface area contributed by atoms with Crippen LogP contribution < -0.4 is 10.1 Å². The van der Waals surface area contributed by atoms with Gasteiger partial charge in [-0.05, 0) is 24.6 Å². The van der Waals surface area contributed by atoms with Crippen molar-refractivity contribution in [1.82, 2.24) is 10.2 Å². The minimum Gasteiger partial charge on any atom is -0.404 e. The Kier molecular flexibility index (Phi) is 8.87. The van der Waals surface area contributed by atoms with Crippen molar-refractivity contribution in [3.05, 3.63) is 28.8 Å². The van der Waals surface area contributed by atoms with Gasteiger partial charge in [0.1, 0.15) is 5.75 Å². The second kappa shape index (κ2) is 9.03. The van der Waals surface area contributed by atoms with E-state index in [1.165, 1.54) is 12.1 Å². The third-order valence-electron chi connectivity index (χ3n) is 3.36. The Labute approximate surface area is 145 Å². The molecule has 0 amide bonds. The lowest BCUT2D eigenvalue weighted by atomic mass is 10.1. The van der Waals surface area contributed by atoms with Crippen molar-refractivity contribution >= 4 is 36.4 Å². The lowest BCUT2D eigenvalue weighted by Gasteiger charge is -2.33. The van der Waals surface area contributed by atoms with E-state index in [9.17, 15) is 13.2 Å². The molecular formula is C13H18Cl3F3N2O. The summed E-state index contributed by atoms with van der Waals surface area (Å²) in [6, 6.07) is 4.54. The van der Waals surface area contributed by atoms with Crippen molar-refractivity contribution < 1.29 is 17.9 Å². The smallest absolute Gasteiger partial charge is 0.404 e. The summed E-state index contributed by atoms with van der Waals surface area (Å²) < 4.78 is 40.4. The van der Waals surface area contributed by atoms with Crippen molar-refractivity contribution in [2.45, 2.75) is 19.3 Å². The van der Waals surface area contributed by atoms with E-state index in [-0.39, 0.29) is 41.6 Å². The first-order chi connectivity index (χ1) is 9.37. The number of nitrogens with one attached hydrogen (secondary N) is 1. The van der Waals surface area contributed by atoms with E-state index >= 15 is 0 Å². The lowest BCUT2D eigenvalue weighted by molar-refractivity contribution is -0.274. The van der Waals surface area contributed by atoms with Crippen molar-refractivity contribution in [1.29, 1.82) is 0 Å². The van der Waals surface area contributed by atoms with Crippen LogP contribution in [0, 0.1) is 0 Å². The molecule has 22 heavy (non-hydrogen) atoms. The molecule has 1 aromatic carbocycles. The van der Waals surface area contributed by atoms with E-state index < -0.39 is 6.36 Å². The molecule has 0 bridgehead atoms. The Bertz CT molecular complexity index is 468. The van der Waals surface area contributed by atoms with Crippen LogP contribution in [0.25, 0.3) is 0 Å². The first-order valence-corrected chi connectivity index (χ1v) is 6.74. The molecule has 0 aliphatic carbocycles. The van der Waals surface area contributed by atoms with E-state index in [0.29, 0.717) is 0 Å². The molecule has 1 saturated heterocycles. The molecule has 9 heteroatoms. The van der Waals surface area contributed by atoms with Crippen LogP contribution in [0.3, 0.4) is 0 Å². The number of hydrogen-bond donors (Lipinski definition) is 1. The van der Waals surface area contributed by atoms with Crippen LogP contribution in [0.5, 0.6) is 5.75 Å². The first kappa shape index (κ1) is 21.6. The Hall–Kier alpha value is -0.400. The number of benzene rings is 1. The molecule has 1 N–H and O–H groups in total. The van der Waals surface area contributed by atoms with E-state index in [1.807, 2.05) is 6.92 Å². The first-order valence-electron chi connectivity index (χ1n) is 6.37. The van der Waals surface area contributed by atoms with E-state index in [4.69, 9.17) is 11.6 Å². The number of rotatable bonds is 3. The van der Waals surface area contributed by atoms with Crippen LogP contribution in [0.15, 0.2) is 18.2 Å². The Morgan fingerprint density at radius 2 is 1.82 bits per heavy atom. The molecule has 1 aliphatic heterocycles. The molecule has 0 radical (unpaired) electrons. The highest BCUT2D eigenvalue weighted by atomic mass is 35.5. The topological polar surface area (TPSA) is 24.5 Å². The third kappa shape index (κ3) is 6.01. The van der Waals surface area contributed by atoms with Crippen LogP contribution in [0.2, 0.25) is 5.02 Å². The van der Waals surface area contributed by atoms with Crippen LogP contribution in [0.1, 0.15) is 18.5 Å². The molecule has 0 spiro atoms. The molecule has 0 saturated carbocycles. The van der Waals surface area contributed by atoms with E-state index in [2.05, 4.69) is 15.0 Å². The maximum Gasteiger partial charge on any atom is 0.573 e. The number of nitrogens with zero attached hydrogens (tertiary/aromatic N) is 1. The fourth-order valence-electron chi connectivity index (χ4n) is 2.26. The molecule has 1 aliphatic rings. The zero-order valence-electron chi connectivity index (χ0n) is 11.8.